The summed E-state index contributed by atoms with van der Waals surface area (Å²) >= 11 is 6.04. The van der Waals surface area contributed by atoms with E-state index >= 15 is 0 Å². The van der Waals surface area contributed by atoms with Crippen LogP contribution in [-0.4, -0.2) is 18.6 Å². The molecule has 162 valence electrons. The molecule has 0 saturated heterocycles. The van der Waals surface area contributed by atoms with Crippen molar-refractivity contribution in [2.75, 3.05) is 19.3 Å². The molecule has 1 heterocycles. The highest BCUT2D eigenvalue weighted by Gasteiger charge is 2.02. The second kappa shape index (κ2) is 15.1. The predicted octanol–water partition coefficient (Wildman–Crippen LogP) is 6.86. The van der Waals surface area contributed by atoms with E-state index in [0.29, 0.717) is 5.69 Å². The van der Waals surface area contributed by atoms with Crippen LogP contribution in [0.15, 0.2) is 37.0 Å². The third-order valence-electron chi connectivity index (χ3n) is 4.88. The first-order valence-corrected chi connectivity index (χ1v) is 10.8. The number of pyridine rings is 1. The van der Waals surface area contributed by atoms with Gasteiger partial charge in [0.05, 0.1) is 17.6 Å². The number of nitrogens with two attached hydrogens (primary N) is 1. The monoisotopic (exact) mass is 417 g/mol. The Bertz CT molecular complexity index is 720. The number of hydrogen-bond donors (Lipinski definition) is 2. The van der Waals surface area contributed by atoms with Gasteiger partial charge in [0.2, 0.25) is 0 Å². The molecule has 0 aliphatic rings. The van der Waals surface area contributed by atoms with Gasteiger partial charge < -0.3 is 11.1 Å². The number of nitrogens with one attached hydrogen (secondary N) is 1. The van der Waals surface area contributed by atoms with Crippen LogP contribution in [0.25, 0.3) is 5.57 Å². The first-order chi connectivity index (χ1) is 13.7. The van der Waals surface area contributed by atoms with E-state index in [-0.39, 0.29) is 0 Å². The standard InChI is InChI=1S/C11H16ClN.C8H10N2.C6H14/c1-8-6-9(2)11(12)7-10(8)4-5-13-3;1-6(2)8-4-3-7(9)5-10-8;1-4-6(3)5-2/h6-7,13H,4-5H2,1-3H3;3-5H,1,9H2,2H3;6H,4-5H2,1-3H3. The number of nitrogen functional groups attached to an aromatic ring is 1. The molecule has 1 aromatic carbocycles. The molecule has 2 rings (SSSR count). The summed E-state index contributed by atoms with van der Waals surface area (Å²) < 4.78 is 0. The number of anilines is 1. The third-order valence-corrected chi connectivity index (χ3v) is 5.29. The minimum Gasteiger partial charge on any atom is -0.397 e. The van der Waals surface area contributed by atoms with E-state index in [1.165, 1.54) is 24.0 Å². The van der Waals surface area contributed by atoms with Gasteiger partial charge in [0.25, 0.3) is 0 Å². The van der Waals surface area contributed by atoms with Gasteiger partial charge in [-0.3, -0.25) is 4.98 Å². The summed E-state index contributed by atoms with van der Waals surface area (Å²) in [6, 6.07) is 7.89. The fourth-order valence-corrected chi connectivity index (χ4v) is 2.53. The van der Waals surface area contributed by atoms with Crippen LogP contribution < -0.4 is 11.1 Å². The molecule has 0 bridgehead atoms. The van der Waals surface area contributed by atoms with Gasteiger partial charge in [-0.1, -0.05) is 57.9 Å². The Labute approximate surface area is 183 Å². The van der Waals surface area contributed by atoms with Crippen molar-refractivity contribution >= 4 is 22.9 Å². The van der Waals surface area contributed by atoms with Crippen LogP contribution in [0.2, 0.25) is 5.02 Å². The number of hydrogen-bond acceptors (Lipinski definition) is 3. The van der Waals surface area contributed by atoms with Gasteiger partial charge in [-0.05, 0) is 87.2 Å². The fraction of sp³-hybridized carbons (Fsp3) is 0.480. The average molecular weight is 418 g/mol. The Morgan fingerprint density at radius 1 is 1.17 bits per heavy atom. The van der Waals surface area contributed by atoms with Crippen molar-refractivity contribution in [2.24, 2.45) is 5.92 Å². The lowest BCUT2D eigenvalue weighted by atomic mass is 10.0. The topological polar surface area (TPSA) is 50.9 Å². The maximum Gasteiger partial charge on any atom is 0.0654 e. The summed E-state index contributed by atoms with van der Waals surface area (Å²) in [5.74, 6) is 0.935. The van der Waals surface area contributed by atoms with Crippen LogP contribution in [0, 0.1) is 19.8 Å². The van der Waals surface area contributed by atoms with E-state index in [1.807, 2.05) is 33.0 Å². The predicted molar refractivity (Wildman–Crippen MR) is 132 cm³/mol. The number of aromatic nitrogens is 1. The summed E-state index contributed by atoms with van der Waals surface area (Å²) in [7, 11) is 1.96. The van der Waals surface area contributed by atoms with Crippen molar-refractivity contribution < 1.29 is 0 Å². The second-order valence-electron chi connectivity index (χ2n) is 7.56. The number of nitrogens with zero attached hydrogens (tertiary/aromatic N) is 1. The molecule has 0 radical (unpaired) electrons. The molecule has 29 heavy (non-hydrogen) atoms. The first-order valence-electron chi connectivity index (χ1n) is 10.4. The zero-order valence-corrected chi connectivity index (χ0v) is 20.2. The van der Waals surface area contributed by atoms with Crippen LogP contribution in [0.4, 0.5) is 5.69 Å². The second-order valence-corrected chi connectivity index (χ2v) is 7.97. The van der Waals surface area contributed by atoms with Gasteiger partial charge in [-0.25, -0.2) is 0 Å². The molecule has 1 aromatic heterocycles. The molecule has 0 spiro atoms. The Morgan fingerprint density at radius 2 is 1.79 bits per heavy atom. The van der Waals surface area contributed by atoms with Crippen molar-refractivity contribution in [2.45, 2.75) is 60.8 Å². The zero-order valence-electron chi connectivity index (χ0n) is 19.4. The summed E-state index contributed by atoms with van der Waals surface area (Å²) in [6.07, 6.45) is 5.33. The molecule has 0 fully saturated rings. The molecule has 3 nitrogen and oxygen atoms in total. The maximum atomic E-state index is 6.04. The SMILES string of the molecule is C=C(C)c1ccc(N)cn1.CCC(C)CC.CNCCc1cc(Cl)c(C)cc1C. The molecule has 0 amide bonds. The minimum atomic E-state index is 0.685. The van der Waals surface area contributed by atoms with Crippen LogP contribution in [0.5, 0.6) is 0 Å². The average Bonchev–Trinajstić information content (AvgIpc) is 2.70. The summed E-state index contributed by atoms with van der Waals surface area (Å²) in [4.78, 5) is 4.05. The molecule has 0 saturated carbocycles. The summed E-state index contributed by atoms with van der Waals surface area (Å²) in [5.41, 5.74) is 11.8. The molecule has 0 unspecified atom stereocenters. The van der Waals surface area contributed by atoms with Crippen LogP contribution in [0.1, 0.15) is 62.9 Å². The normalized spacial score (nSPS) is 9.97. The van der Waals surface area contributed by atoms with Crippen LogP contribution in [-0.2, 0) is 6.42 Å². The lowest BCUT2D eigenvalue weighted by Gasteiger charge is -2.08. The highest BCUT2D eigenvalue weighted by Crippen LogP contribution is 2.20. The van der Waals surface area contributed by atoms with E-state index in [9.17, 15) is 0 Å². The fourth-order valence-electron chi connectivity index (χ4n) is 2.34. The highest BCUT2D eigenvalue weighted by atomic mass is 35.5. The van der Waals surface area contributed by atoms with Gasteiger partial charge >= 0.3 is 0 Å². The van der Waals surface area contributed by atoms with E-state index < -0.39 is 0 Å². The van der Waals surface area contributed by atoms with Gasteiger partial charge in [-0.15, -0.1) is 0 Å². The molecule has 4 heteroatoms. The largest absolute Gasteiger partial charge is 0.397 e. The van der Waals surface area contributed by atoms with E-state index in [1.54, 1.807) is 6.20 Å². The molecular weight excluding hydrogens is 378 g/mol. The van der Waals surface area contributed by atoms with Crippen molar-refractivity contribution in [3.63, 3.8) is 0 Å². The Hall–Kier alpha value is -1.84. The van der Waals surface area contributed by atoms with Gasteiger partial charge in [0.15, 0.2) is 0 Å². The number of benzene rings is 1. The maximum absolute atomic E-state index is 6.04. The first kappa shape index (κ1) is 27.2. The van der Waals surface area contributed by atoms with Crippen LogP contribution in [0.3, 0.4) is 0 Å². The van der Waals surface area contributed by atoms with Crippen LogP contribution >= 0.6 is 11.6 Å². The summed E-state index contributed by atoms with van der Waals surface area (Å²) in [5, 5.41) is 4.01. The number of rotatable bonds is 6. The molecule has 0 aliphatic carbocycles. The Morgan fingerprint density at radius 3 is 2.21 bits per heavy atom. The quantitative estimate of drug-likeness (QED) is 0.539. The molecule has 2 aromatic rings. The van der Waals surface area contributed by atoms with E-state index in [4.69, 9.17) is 17.3 Å². The van der Waals surface area contributed by atoms with Crippen molar-refractivity contribution in [3.05, 3.63) is 64.4 Å². The summed E-state index contributed by atoms with van der Waals surface area (Å²) in [6.45, 7) is 17.6. The third kappa shape index (κ3) is 11.7. The van der Waals surface area contributed by atoms with E-state index in [2.05, 4.69) is 56.7 Å². The zero-order chi connectivity index (χ0) is 22.4. The number of halogens is 1. The van der Waals surface area contributed by atoms with Crippen molar-refractivity contribution in [3.8, 4) is 0 Å². The van der Waals surface area contributed by atoms with Gasteiger partial charge in [0.1, 0.15) is 0 Å². The molecular formula is C25H40ClN3. The lowest BCUT2D eigenvalue weighted by Crippen LogP contribution is -2.11. The molecule has 3 N–H and O–H groups in total. The van der Waals surface area contributed by atoms with Crippen molar-refractivity contribution in [1.82, 2.24) is 10.3 Å². The highest BCUT2D eigenvalue weighted by molar-refractivity contribution is 6.31. The number of allylic oxidation sites excluding steroid dienone is 1. The minimum absolute atomic E-state index is 0.685. The van der Waals surface area contributed by atoms with E-state index in [0.717, 1.165) is 40.7 Å². The molecule has 0 aliphatic heterocycles. The number of likely N-dealkylation sites (N-methyl/N-ethyl adjacent to an activating group) is 1. The van der Waals surface area contributed by atoms with Gasteiger partial charge in [0, 0.05) is 5.02 Å². The lowest BCUT2D eigenvalue weighted by molar-refractivity contribution is 0.544. The smallest absolute Gasteiger partial charge is 0.0654 e. The van der Waals surface area contributed by atoms with Gasteiger partial charge in [-0.2, -0.15) is 0 Å². The molecule has 0 atom stereocenters. The van der Waals surface area contributed by atoms with Crippen molar-refractivity contribution in [1.29, 1.82) is 0 Å². The Kier molecular flexibility index (Phi) is 14.1. The number of aryl methyl sites for hydroxylation is 2. The Balaban J connectivity index is 0.000000436.